The molecule has 1 fully saturated rings. The second kappa shape index (κ2) is 4.15. The number of halogens is 1. The van der Waals surface area contributed by atoms with Crippen LogP contribution in [0.1, 0.15) is 33.0 Å². The summed E-state index contributed by atoms with van der Waals surface area (Å²) < 4.78 is 0. The van der Waals surface area contributed by atoms with E-state index in [-0.39, 0.29) is 5.91 Å². The molecule has 1 aliphatic heterocycles. The van der Waals surface area contributed by atoms with E-state index in [1.807, 2.05) is 4.90 Å². The molecule has 0 N–H and O–H groups in total. The van der Waals surface area contributed by atoms with Crippen LogP contribution in [0.25, 0.3) is 0 Å². The third kappa shape index (κ3) is 1.82. The van der Waals surface area contributed by atoms with Crippen molar-refractivity contribution >= 4 is 33.2 Å². The van der Waals surface area contributed by atoms with Crippen molar-refractivity contribution in [1.82, 2.24) is 4.90 Å². The second-order valence-corrected chi connectivity index (χ2v) is 6.98. The van der Waals surface area contributed by atoms with Gasteiger partial charge < -0.3 is 4.90 Å². The molecule has 4 heteroatoms. The van der Waals surface area contributed by atoms with Gasteiger partial charge in [0.25, 0.3) is 5.91 Å². The Bertz CT molecular complexity index is 407. The van der Waals surface area contributed by atoms with E-state index in [9.17, 15) is 4.79 Å². The van der Waals surface area contributed by atoms with Crippen molar-refractivity contribution in [2.45, 2.75) is 30.5 Å². The van der Waals surface area contributed by atoms with E-state index in [2.05, 4.69) is 22.0 Å². The van der Waals surface area contributed by atoms with E-state index in [0.717, 1.165) is 24.4 Å². The number of carbonyl (C=O) groups excluding carboxylic acids is 1. The smallest absolute Gasteiger partial charge is 0.263 e. The van der Waals surface area contributed by atoms with Crippen molar-refractivity contribution in [2.75, 3.05) is 13.1 Å². The molecular weight excluding hydrogens is 286 g/mol. The Kier molecular flexibility index (Phi) is 2.80. The molecule has 1 unspecified atom stereocenters. The normalized spacial score (nSPS) is 23.8. The molecule has 0 spiro atoms. The fourth-order valence-corrected chi connectivity index (χ4v) is 4.27. The third-order valence-electron chi connectivity index (χ3n) is 3.38. The van der Waals surface area contributed by atoms with Crippen molar-refractivity contribution in [3.05, 3.63) is 21.4 Å². The fraction of sp³-hybridized carbons (Fsp3) is 0.583. The molecule has 0 bridgehead atoms. The maximum absolute atomic E-state index is 12.2. The van der Waals surface area contributed by atoms with Gasteiger partial charge in [0, 0.05) is 22.8 Å². The first-order valence-electron chi connectivity index (χ1n) is 5.79. The molecular formula is C12H14BrNOS. The topological polar surface area (TPSA) is 20.3 Å². The summed E-state index contributed by atoms with van der Waals surface area (Å²) in [6.45, 7) is 1.76. The minimum atomic E-state index is 0.237. The number of aryl methyl sites for hydroxylation is 2. The standard InChI is InChI=1S/C12H14BrNOS/c13-9-4-5-14(7-9)12(15)11-6-8-2-1-3-10(8)16-11/h6,9H,1-5,7H2. The summed E-state index contributed by atoms with van der Waals surface area (Å²) in [5.41, 5.74) is 1.42. The average molecular weight is 300 g/mol. The Hall–Kier alpha value is -0.350. The molecule has 0 aromatic carbocycles. The third-order valence-corrected chi connectivity index (χ3v) is 5.35. The van der Waals surface area contributed by atoms with Crippen LogP contribution in [0, 0.1) is 0 Å². The van der Waals surface area contributed by atoms with Crippen molar-refractivity contribution in [2.24, 2.45) is 0 Å². The van der Waals surface area contributed by atoms with Crippen LogP contribution < -0.4 is 0 Å². The van der Waals surface area contributed by atoms with E-state index in [1.165, 1.54) is 29.7 Å². The zero-order valence-electron chi connectivity index (χ0n) is 9.04. The highest BCUT2D eigenvalue weighted by Crippen LogP contribution is 2.32. The number of fused-ring (bicyclic) bond motifs is 1. The predicted molar refractivity (Wildman–Crippen MR) is 69.6 cm³/mol. The maximum atomic E-state index is 12.2. The predicted octanol–water partition coefficient (Wildman–Crippen LogP) is 2.85. The Morgan fingerprint density at radius 3 is 3.06 bits per heavy atom. The summed E-state index contributed by atoms with van der Waals surface area (Å²) in [7, 11) is 0. The van der Waals surface area contributed by atoms with Crippen LogP contribution in [0.4, 0.5) is 0 Å². The van der Waals surface area contributed by atoms with E-state index in [0.29, 0.717) is 4.83 Å². The molecule has 0 radical (unpaired) electrons. The number of rotatable bonds is 1. The van der Waals surface area contributed by atoms with Gasteiger partial charge in [-0.05, 0) is 37.3 Å². The monoisotopic (exact) mass is 299 g/mol. The van der Waals surface area contributed by atoms with E-state index < -0.39 is 0 Å². The lowest BCUT2D eigenvalue weighted by Gasteiger charge is -2.13. The lowest BCUT2D eigenvalue weighted by molar-refractivity contribution is 0.0798. The highest BCUT2D eigenvalue weighted by molar-refractivity contribution is 9.09. The maximum Gasteiger partial charge on any atom is 0.263 e. The minimum Gasteiger partial charge on any atom is -0.337 e. The molecule has 1 saturated heterocycles. The van der Waals surface area contributed by atoms with Crippen LogP contribution in [-0.4, -0.2) is 28.7 Å². The molecule has 2 nitrogen and oxygen atoms in total. The lowest BCUT2D eigenvalue weighted by Crippen LogP contribution is -2.28. The molecule has 2 heterocycles. The number of carbonyl (C=O) groups is 1. The molecule has 3 rings (SSSR count). The summed E-state index contributed by atoms with van der Waals surface area (Å²) in [6.07, 6.45) is 4.69. The number of likely N-dealkylation sites (tertiary alicyclic amines) is 1. The van der Waals surface area contributed by atoms with E-state index >= 15 is 0 Å². The molecule has 1 aromatic heterocycles. The van der Waals surface area contributed by atoms with Crippen LogP contribution in [0.5, 0.6) is 0 Å². The zero-order valence-corrected chi connectivity index (χ0v) is 11.4. The first-order valence-corrected chi connectivity index (χ1v) is 7.52. The van der Waals surface area contributed by atoms with Crippen LogP contribution in [0.2, 0.25) is 0 Å². The summed E-state index contributed by atoms with van der Waals surface area (Å²) in [4.78, 5) is 17.1. The number of nitrogens with zero attached hydrogens (tertiary/aromatic N) is 1. The average Bonchev–Trinajstić information content (AvgIpc) is 2.89. The molecule has 16 heavy (non-hydrogen) atoms. The van der Waals surface area contributed by atoms with Gasteiger partial charge in [0.15, 0.2) is 0 Å². The van der Waals surface area contributed by atoms with Crippen LogP contribution in [0.15, 0.2) is 6.07 Å². The number of amides is 1. The molecule has 2 aliphatic rings. The van der Waals surface area contributed by atoms with Gasteiger partial charge in [-0.15, -0.1) is 11.3 Å². The summed E-state index contributed by atoms with van der Waals surface area (Å²) in [6, 6.07) is 2.12. The first kappa shape index (κ1) is 10.8. The minimum absolute atomic E-state index is 0.237. The number of alkyl halides is 1. The molecule has 86 valence electrons. The van der Waals surface area contributed by atoms with Gasteiger partial charge >= 0.3 is 0 Å². The van der Waals surface area contributed by atoms with Crippen molar-refractivity contribution in [3.63, 3.8) is 0 Å². The zero-order chi connectivity index (χ0) is 11.1. The van der Waals surface area contributed by atoms with Crippen molar-refractivity contribution in [1.29, 1.82) is 0 Å². The number of hydrogen-bond donors (Lipinski definition) is 0. The highest BCUT2D eigenvalue weighted by atomic mass is 79.9. The molecule has 1 atom stereocenters. The van der Waals surface area contributed by atoms with Gasteiger partial charge in [-0.25, -0.2) is 0 Å². The molecule has 0 saturated carbocycles. The largest absolute Gasteiger partial charge is 0.337 e. The van der Waals surface area contributed by atoms with Gasteiger partial charge in [-0.3, -0.25) is 4.79 Å². The molecule has 1 aliphatic carbocycles. The van der Waals surface area contributed by atoms with Crippen LogP contribution in [-0.2, 0) is 12.8 Å². The Morgan fingerprint density at radius 1 is 1.50 bits per heavy atom. The summed E-state index contributed by atoms with van der Waals surface area (Å²) in [5, 5.41) is 0. The quantitative estimate of drug-likeness (QED) is 0.730. The van der Waals surface area contributed by atoms with Gasteiger partial charge in [0.1, 0.15) is 0 Å². The highest BCUT2D eigenvalue weighted by Gasteiger charge is 2.27. The Balaban J connectivity index is 1.79. The van der Waals surface area contributed by atoms with E-state index in [4.69, 9.17) is 0 Å². The first-order chi connectivity index (χ1) is 7.74. The second-order valence-electron chi connectivity index (χ2n) is 4.55. The van der Waals surface area contributed by atoms with Gasteiger partial charge in [-0.1, -0.05) is 15.9 Å². The summed E-state index contributed by atoms with van der Waals surface area (Å²) in [5.74, 6) is 0.237. The SMILES string of the molecule is O=C(c1cc2c(s1)CCC2)N1CCC(Br)C1. The van der Waals surface area contributed by atoms with Crippen LogP contribution in [0.3, 0.4) is 0 Å². The van der Waals surface area contributed by atoms with Crippen molar-refractivity contribution < 1.29 is 4.79 Å². The van der Waals surface area contributed by atoms with Gasteiger partial charge in [0.05, 0.1) is 4.88 Å². The van der Waals surface area contributed by atoms with Gasteiger partial charge in [-0.2, -0.15) is 0 Å². The summed E-state index contributed by atoms with van der Waals surface area (Å²) >= 11 is 5.29. The Labute approximate surface area is 108 Å². The number of hydrogen-bond acceptors (Lipinski definition) is 2. The van der Waals surface area contributed by atoms with Gasteiger partial charge in [0.2, 0.25) is 0 Å². The fourth-order valence-electron chi connectivity index (χ4n) is 2.49. The van der Waals surface area contributed by atoms with E-state index in [1.54, 1.807) is 11.3 Å². The van der Waals surface area contributed by atoms with Crippen molar-refractivity contribution in [3.8, 4) is 0 Å². The lowest BCUT2D eigenvalue weighted by atomic mass is 10.2. The number of thiophene rings is 1. The van der Waals surface area contributed by atoms with Crippen LogP contribution >= 0.6 is 27.3 Å². The Morgan fingerprint density at radius 2 is 2.38 bits per heavy atom. The molecule has 1 amide bonds. The molecule has 1 aromatic rings.